The maximum absolute atomic E-state index is 12.7. The van der Waals surface area contributed by atoms with Crippen LogP contribution in [0.3, 0.4) is 0 Å². The highest BCUT2D eigenvalue weighted by molar-refractivity contribution is 7.92. The molecule has 0 saturated heterocycles. The number of nitrogens with zero attached hydrogens (tertiary/aromatic N) is 2. The molecule has 0 fully saturated rings. The number of sulfonamides is 1. The average molecular weight is 457 g/mol. The van der Waals surface area contributed by atoms with E-state index in [-0.39, 0.29) is 12.5 Å². The lowest BCUT2D eigenvalue weighted by Crippen LogP contribution is -2.37. The van der Waals surface area contributed by atoms with Gasteiger partial charge in [-0.15, -0.1) is 11.3 Å². The van der Waals surface area contributed by atoms with Gasteiger partial charge in [0, 0.05) is 23.2 Å². The van der Waals surface area contributed by atoms with E-state index in [0.717, 1.165) is 48.2 Å². The largest absolute Gasteiger partial charge is 0.362 e. The second kappa shape index (κ2) is 8.68. The Morgan fingerprint density at radius 1 is 1.19 bits per heavy atom. The van der Waals surface area contributed by atoms with Gasteiger partial charge in [0.15, 0.2) is 5.13 Å². The number of carbonyl (C=O) groups is 1. The SMILES string of the molecule is Cc1ccc(-c2csc(NC(=O)CN3CCCc4c(NS(C)(=O)=O)cccc43)n2)cc1. The summed E-state index contributed by atoms with van der Waals surface area (Å²) in [5, 5.41) is 5.38. The normalized spacial score (nSPS) is 13.5. The second-order valence-corrected chi connectivity index (χ2v) is 10.3. The number of carbonyl (C=O) groups excluding carboxylic acids is 1. The fourth-order valence-electron chi connectivity index (χ4n) is 3.68. The third-order valence-corrected chi connectivity index (χ3v) is 6.42. The van der Waals surface area contributed by atoms with Gasteiger partial charge in [0.05, 0.1) is 24.2 Å². The number of fused-ring (bicyclic) bond motifs is 1. The Labute approximate surface area is 186 Å². The molecule has 2 heterocycles. The molecule has 4 rings (SSSR count). The molecule has 162 valence electrons. The van der Waals surface area contributed by atoms with Crippen molar-refractivity contribution in [1.82, 2.24) is 4.98 Å². The minimum absolute atomic E-state index is 0.154. The molecular formula is C22H24N4O3S2. The highest BCUT2D eigenvalue weighted by atomic mass is 32.2. The summed E-state index contributed by atoms with van der Waals surface area (Å²) in [4.78, 5) is 19.2. The highest BCUT2D eigenvalue weighted by Crippen LogP contribution is 2.33. The number of aryl methyl sites for hydroxylation is 1. The van der Waals surface area contributed by atoms with Crippen LogP contribution in [0.15, 0.2) is 47.8 Å². The fourth-order valence-corrected chi connectivity index (χ4v) is 5.01. The number of hydrogen-bond acceptors (Lipinski definition) is 6. The van der Waals surface area contributed by atoms with E-state index in [0.29, 0.717) is 10.8 Å². The van der Waals surface area contributed by atoms with Gasteiger partial charge < -0.3 is 10.2 Å². The van der Waals surface area contributed by atoms with Crippen molar-refractivity contribution in [1.29, 1.82) is 0 Å². The van der Waals surface area contributed by atoms with E-state index < -0.39 is 10.0 Å². The molecule has 0 saturated carbocycles. The van der Waals surface area contributed by atoms with Gasteiger partial charge in [-0.1, -0.05) is 35.9 Å². The molecule has 31 heavy (non-hydrogen) atoms. The summed E-state index contributed by atoms with van der Waals surface area (Å²) in [5.74, 6) is -0.154. The first kappa shape index (κ1) is 21.3. The molecule has 2 N–H and O–H groups in total. The summed E-state index contributed by atoms with van der Waals surface area (Å²) < 4.78 is 25.9. The van der Waals surface area contributed by atoms with Crippen LogP contribution in [0.1, 0.15) is 17.5 Å². The number of thiazole rings is 1. The van der Waals surface area contributed by atoms with Crippen molar-refractivity contribution < 1.29 is 13.2 Å². The van der Waals surface area contributed by atoms with Crippen molar-refractivity contribution in [3.8, 4) is 11.3 Å². The third-order valence-electron chi connectivity index (χ3n) is 5.07. The van der Waals surface area contributed by atoms with Crippen LogP contribution < -0.4 is 14.9 Å². The summed E-state index contributed by atoms with van der Waals surface area (Å²) in [5.41, 5.74) is 5.41. The van der Waals surface area contributed by atoms with Crippen LogP contribution >= 0.6 is 11.3 Å². The fraction of sp³-hybridized carbons (Fsp3) is 0.273. The first-order valence-electron chi connectivity index (χ1n) is 9.95. The standard InChI is InChI=1S/C22H24N4O3S2/c1-15-8-10-16(11-9-15)19-14-30-22(23-19)24-21(27)13-26-12-4-5-17-18(25-31(2,28)29)6-3-7-20(17)26/h3,6-11,14,25H,4-5,12-13H2,1-2H3,(H,23,24,27). The van der Waals surface area contributed by atoms with Gasteiger partial charge in [0.1, 0.15) is 0 Å². The van der Waals surface area contributed by atoms with E-state index in [2.05, 4.69) is 15.0 Å². The van der Waals surface area contributed by atoms with E-state index in [9.17, 15) is 13.2 Å². The van der Waals surface area contributed by atoms with Gasteiger partial charge in [-0.05, 0) is 37.5 Å². The summed E-state index contributed by atoms with van der Waals surface area (Å²) >= 11 is 1.40. The average Bonchev–Trinajstić information content (AvgIpc) is 3.16. The molecular weight excluding hydrogens is 432 g/mol. The van der Waals surface area contributed by atoms with E-state index >= 15 is 0 Å². The van der Waals surface area contributed by atoms with Gasteiger partial charge in [0.25, 0.3) is 0 Å². The summed E-state index contributed by atoms with van der Waals surface area (Å²) in [6, 6.07) is 13.6. The molecule has 1 amide bonds. The molecule has 2 aromatic carbocycles. The number of rotatable bonds is 6. The molecule has 0 aliphatic carbocycles. The number of nitrogens with one attached hydrogen (secondary N) is 2. The zero-order chi connectivity index (χ0) is 22.0. The topological polar surface area (TPSA) is 91.4 Å². The van der Waals surface area contributed by atoms with Crippen molar-refractivity contribution >= 4 is 43.8 Å². The number of anilines is 3. The Morgan fingerprint density at radius 2 is 1.97 bits per heavy atom. The zero-order valence-corrected chi connectivity index (χ0v) is 19.0. The second-order valence-electron chi connectivity index (χ2n) is 7.65. The maximum Gasteiger partial charge on any atom is 0.245 e. The van der Waals surface area contributed by atoms with Crippen LogP contribution in [0, 0.1) is 6.92 Å². The quantitative estimate of drug-likeness (QED) is 0.587. The summed E-state index contributed by atoms with van der Waals surface area (Å²) in [6.45, 7) is 2.94. The van der Waals surface area contributed by atoms with E-state index in [4.69, 9.17) is 0 Å². The lowest BCUT2D eigenvalue weighted by molar-refractivity contribution is -0.115. The smallest absolute Gasteiger partial charge is 0.245 e. The van der Waals surface area contributed by atoms with Gasteiger partial charge in [-0.2, -0.15) is 0 Å². The van der Waals surface area contributed by atoms with Crippen molar-refractivity contribution in [2.24, 2.45) is 0 Å². The minimum Gasteiger partial charge on any atom is -0.362 e. The van der Waals surface area contributed by atoms with Crippen LogP contribution in [-0.2, 0) is 21.2 Å². The number of aromatic nitrogens is 1. The lowest BCUT2D eigenvalue weighted by atomic mass is 10.00. The molecule has 0 bridgehead atoms. The lowest BCUT2D eigenvalue weighted by Gasteiger charge is -2.31. The van der Waals surface area contributed by atoms with Gasteiger partial charge >= 0.3 is 0 Å². The van der Waals surface area contributed by atoms with Crippen LogP contribution in [-0.4, -0.2) is 38.7 Å². The monoisotopic (exact) mass is 456 g/mol. The Bertz CT molecular complexity index is 1200. The van der Waals surface area contributed by atoms with Crippen molar-refractivity contribution in [2.75, 3.05) is 34.3 Å². The summed E-state index contributed by atoms with van der Waals surface area (Å²) in [6.07, 6.45) is 2.75. The molecule has 0 spiro atoms. The third kappa shape index (κ3) is 5.23. The Morgan fingerprint density at radius 3 is 2.71 bits per heavy atom. The Hall–Kier alpha value is -2.91. The first-order valence-corrected chi connectivity index (χ1v) is 12.7. The number of hydrogen-bond donors (Lipinski definition) is 2. The number of amides is 1. The van der Waals surface area contributed by atoms with E-state index in [1.807, 2.05) is 47.5 Å². The van der Waals surface area contributed by atoms with E-state index in [1.54, 1.807) is 12.1 Å². The Kier molecular flexibility index (Phi) is 5.97. The molecule has 1 aliphatic heterocycles. The predicted molar refractivity (Wildman–Crippen MR) is 126 cm³/mol. The number of benzene rings is 2. The van der Waals surface area contributed by atoms with Crippen LogP contribution in [0.4, 0.5) is 16.5 Å². The van der Waals surface area contributed by atoms with Crippen LogP contribution in [0.2, 0.25) is 0 Å². The first-order chi connectivity index (χ1) is 14.8. The summed E-state index contributed by atoms with van der Waals surface area (Å²) in [7, 11) is -3.37. The maximum atomic E-state index is 12.7. The zero-order valence-electron chi connectivity index (χ0n) is 17.4. The molecule has 1 aromatic heterocycles. The van der Waals surface area contributed by atoms with Crippen LogP contribution in [0.25, 0.3) is 11.3 Å². The van der Waals surface area contributed by atoms with Crippen molar-refractivity contribution in [3.63, 3.8) is 0 Å². The minimum atomic E-state index is -3.37. The molecule has 0 atom stereocenters. The van der Waals surface area contributed by atoms with Gasteiger partial charge in [-0.25, -0.2) is 13.4 Å². The van der Waals surface area contributed by atoms with Crippen LogP contribution in [0.5, 0.6) is 0 Å². The molecule has 9 heteroatoms. The molecule has 7 nitrogen and oxygen atoms in total. The van der Waals surface area contributed by atoms with Gasteiger partial charge in [0.2, 0.25) is 15.9 Å². The molecule has 1 aliphatic rings. The van der Waals surface area contributed by atoms with Crippen molar-refractivity contribution in [3.05, 3.63) is 59.0 Å². The van der Waals surface area contributed by atoms with E-state index in [1.165, 1.54) is 16.9 Å². The Balaban J connectivity index is 1.46. The predicted octanol–water partition coefficient (Wildman–Crippen LogP) is 3.88. The highest BCUT2D eigenvalue weighted by Gasteiger charge is 2.22. The van der Waals surface area contributed by atoms with Gasteiger partial charge in [-0.3, -0.25) is 9.52 Å². The molecule has 0 unspecified atom stereocenters. The van der Waals surface area contributed by atoms with Crippen molar-refractivity contribution in [2.45, 2.75) is 19.8 Å². The molecule has 0 radical (unpaired) electrons. The molecule has 3 aromatic rings.